The molecule has 1 unspecified atom stereocenters. The van der Waals surface area contributed by atoms with Crippen LogP contribution in [0.1, 0.15) is 25.3 Å². The van der Waals surface area contributed by atoms with Gasteiger partial charge in [0.2, 0.25) is 0 Å². The molecule has 1 fully saturated rings. The highest BCUT2D eigenvalue weighted by Gasteiger charge is 2.20. The fourth-order valence-corrected chi connectivity index (χ4v) is 3.20. The minimum Gasteiger partial charge on any atom is -0.479 e. The van der Waals surface area contributed by atoms with E-state index in [2.05, 4.69) is 5.32 Å². The van der Waals surface area contributed by atoms with E-state index in [-0.39, 0.29) is 5.91 Å². The lowest BCUT2D eigenvalue weighted by Gasteiger charge is -2.23. The van der Waals surface area contributed by atoms with Crippen LogP contribution in [-0.4, -0.2) is 31.8 Å². The Labute approximate surface area is 156 Å². The third-order valence-electron chi connectivity index (χ3n) is 4.58. The molecule has 1 aromatic carbocycles. The summed E-state index contributed by atoms with van der Waals surface area (Å²) in [5.41, 5.74) is 0.710. The molecule has 1 aliphatic rings. The van der Waals surface area contributed by atoms with Crippen molar-refractivity contribution in [2.45, 2.75) is 32.8 Å². The number of rotatable bonds is 5. The van der Waals surface area contributed by atoms with Crippen LogP contribution in [0.5, 0.6) is 5.75 Å². The SMILES string of the molecule is Cc1cc(=O)oc2cc(OC(C)C(=O)NCC3CCOCC3)c(Cl)cc12. The van der Waals surface area contributed by atoms with Crippen molar-refractivity contribution in [1.82, 2.24) is 5.32 Å². The van der Waals surface area contributed by atoms with Gasteiger partial charge >= 0.3 is 5.63 Å². The molecule has 1 atom stereocenters. The Balaban J connectivity index is 1.68. The summed E-state index contributed by atoms with van der Waals surface area (Å²) in [6.07, 6.45) is 1.18. The zero-order valence-electron chi connectivity index (χ0n) is 14.8. The minimum absolute atomic E-state index is 0.210. The van der Waals surface area contributed by atoms with E-state index in [0.29, 0.717) is 28.8 Å². The Bertz CT molecular complexity index is 857. The maximum atomic E-state index is 12.3. The van der Waals surface area contributed by atoms with Crippen molar-refractivity contribution in [3.05, 3.63) is 39.2 Å². The van der Waals surface area contributed by atoms with Gasteiger partial charge in [0.05, 0.1) is 5.02 Å². The Kier molecular flexibility index (Phi) is 5.84. The number of carbonyl (C=O) groups is 1. The first-order valence-corrected chi connectivity index (χ1v) is 9.08. The smallest absolute Gasteiger partial charge is 0.336 e. The third kappa shape index (κ3) is 4.37. The molecular weight excluding hydrogens is 358 g/mol. The highest BCUT2D eigenvalue weighted by molar-refractivity contribution is 6.32. The maximum absolute atomic E-state index is 12.3. The molecule has 2 heterocycles. The highest BCUT2D eigenvalue weighted by Crippen LogP contribution is 2.31. The molecule has 7 heteroatoms. The number of hydrogen-bond donors (Lipinski definition) is 1. The molecule has 1 aliphatic heterocycles. The summed E-state index contributed by atoms with van der Waals surface area (Å²) in [5.74, 6) is 0.529. The molecule has 2 aromatic rings. The van der Waals surface area contributed by atoms with Crippen LogP contribution in [0, 0.1) is 12.8 Å². The van der Waals surface area contributed by atoms with Gasteiger partial charge in [-0.25, -0.2) is 4.79 Å². The zero-order chi connectivity index (χ0) is 18.7. The fourth-order valence-electron chi connectivity index (χ4n) is 2.99. The molecule has 0 bridgehead atoms. The second-order valence-electron chi connectivity index (χ2n) is 6.59. The minimum atomic E-state index is -0.721. The van der Waals surface area contributed by atoms with Gasteiger partial charge in [0.1, 0.15) is 11.3 Å². The highest BCUT2D eigenvalue weighted by atomic mass is 35.5. The topological polar surface area (TPSA) is 77.8 Å². The van der Waals surface area contributed by atoms with Crippen molar-refractivity contribution >= 4 is 28.5 Å². The molecular formula is C19H22ClNO5. The van der Waals surface area contributed by atoms with Gasteiger partial charge in [0.15, 0.2) is 6.10 Å². The molecule has 0 aliphatic carbocycles. The molecule has 0 saturated carbocycles. The summed E-state index contributed by atoms with van der Waals surface area (Å²) < 4.78 is 16.2. The van der Waals surface area contributed by atoms with Crippen molar-refractivity contribution in [2.24, 2.45) is 5.92 Å². The van der Waals surface area contributed by atoms with Gasteiger partial charge in [0, 0.05) is 37.3 Å². The first-order valence-electron chi connectivity index (χ1n) is 8.70. The molecule has 26 heavy (non-hydrogen) atoms. The van der Waals surface area contributed by atoms with Crippen LogP contribution in [0.25, 0.3) is 11.0 Å². The third-order valence-corrected chi connectivity index (χ3v) is 4.88. The van der Waals surface area contributed by atoms with Gasteiger partial charge < -0.3 is 19.2 Å². The predicted octanol–water partition coefficient (Wildman–Crippen LogP) is 3.06. The van der Waals surface area contributed by atoms with Crippen molar-refractivity contribution in [1.29, 1.82) is 0 Å². The van der Waals surface area contributed by atoms with Gasteiger partial charge in [-0.3, -0.25) is 4.79 Å². The van der Waals surface area contributed by atoms with Crippen molar-refractivity contribution in [2.75, 3.05) is 19.8 Å². The van der Waals surface area contributed by atoms with Crippen LogP contribution in [0.2, 0.25) is 5.02 Å². The number of nitrogens with one attached hydrogen (secondary N) is 1. The lowest BCUT2D eigenvalue weighted by Crippen LogP contribution is -2.39. The number of carbonyl (C=O) groups excluding carboxylic acids is 1. The van der Waals surface area contributed by atoms with E-state index in [0.717, 1.165) is 37.0 Å². The Hall–Kier alpha value is -2.05. The Morgan fingerprint density at radius 1 is 1.35 bits per heavy atom. The lowest BCUT2D eigenvalue weighted by atomic mass is 10.0. The number of amides is 1. The summed E-state index contributed by atoms with van der Waals surface area (Å²) in [4.78, 5) is 23.8. The van der Waals surface area contributed by atoms with Crippen LogP contribution >= 0.6 is 11.6 Å². The number of ether oxygens (including phenoxy) is 2. The Morgan fingerprint density at radius 2 is 2.08 bits per heavy atom. The number of halogens is 1. The number of fused-ring (bicyclic) bond motifs is 1. The summed E-state index contributed by atoms with van der Waals surface area (Å²) in [5, 5.41) is 4.01. The second kappa shape index (κ2) is 8.10. The molecule has 3 rings (SSSR count). The summed E-state index contributed by atoms with van der Waals surface area (Å²) in [6.45, 7) is 5.55. The summed E-state index contributed by atoms with van der Waals surface area (Å²) in [7, 11) is 0. The molecule has 0 radical (unpaired) electrons. The first kappa shape index (κ1) is 18.7. The van der Waals surface area contributed by atoms with E-state index in [9.17, 15) is 9.59 Å². The van der Waals surface area contributed by atoms with Crippen LogP contribution < -0.4 is 15.7 Å². The number of hydrogen-bond acceptors (Lipinski definition) is 5. The number of benzene rings is 1. The number of aryl methyl sites for hydroxylation is 1. The zero-order valence-corrected chi connectivity index (χ0v) is 15.6. The van der Waals surface area contributed by atoms with Gasteiger partial charge in [-0.2, -0.15) is 0 Å². The molecule has 1 saturated heterocycles. The summed E-state index contributed by atoms with van der Waals surface area (Å²) in [6, 6.07) is 4.64. The van der Waals surface area contributed by atoms with Crippen LogP contribution in [0.15, 0.2) is 27.4 Å². The van der Waals surface area contributed by atoms with E-state index in [1.165, 1.54) is 6.07 Å². The maximum Gasteiger partial charge on any atom is 0.336 e. The van der Waals surface area contributed by atoms with Gasteiger partial charge in [0.25, 0.3) is 5.91 Å². The predicted molar refractivity (Wildman–Crippen MR) is 98.9 cm³/mol. The van der Waals surface area contributed by atoms with Crippen LogP contribution in [0.3, 0.4) is 0 Å². The van der Waals surface area contributed by atoms with Crippen molar-refractivity contribution in [3.63, 3.8) is 0 Å². The molecule has 140 valence electrons. The van der Waals surface area contributed by atoms with E-state index in [4.69, 9.17) is 25.5 Å². The second-order valence-corrected chi connectivity index (χ2v) is 7.00. The first-order chi connectivity index (χ1) is 12.4. The van der Waals surface area contributed by atoms with E-state index >= 15 is 0 Å². The lowest BCUT2D eigenvalue weighted by molar-refractivity contribution is -0.127. The van der Waals surface area contributed by atoms with Crippen LogP contribution in [-0.2, 0) is 9.53 Å². The van der Waals surface area contributed by atoms with E-state index in [1.807, 2.05) is 6.92 Å². The Morgan fingerprint density at radius 3 is 2.81 bits per heavy atom. The van der Waals surface area contributed by atoms with Crippen molar-refractivity contribution < 1.29 is 18.7 Å². The van der Waals surface area contributed by atoms with Crippen molar-refractivity contribution in [3.8, 4) is 5.75 Å². The normalized spacial score (nSPS) is 16.4. The summed E-state index contributed by atoms with van der Waals surface area (Å²) >= 11 is 6.27. The quantitative estimate of drug-likeness (QED) is 0.808. The van der Waals surface area contributed by atoms with Gasteiger partial charge in [-0.15, -0.1) is 0 Å². The molecule has 1 aromatic heterocycles. The van der Waals surface area contributed by atoms with Crippen LogP contribution in [0.4, 0.5) is 0 Å². The largest absolute Gasteiger partial charge is 0.479 e. The molecule has 1 N–H and O–H groups in total. The standard InChI is InChI=1S/C19H22ClNO5/c1-11-7-18(22)26-16-9-17(15(20)8-14(11)16)25-12(2)19(23)21-10-13-3-5-24-6-4-13/h7-9,12-13H,3-6,10H2,1-2H3,(H,21,23). The van der Waals surface area contributed by atoms with Gasteiger partial charge in [-0.1, -0.05) is 11.6 Å². The molecule has 6 nitrogen and oxygen atoms in total. The monoisotopic (exact) mass is 379 g/mol. The molecule has 0 spiro atoms. The molecule has 1 amide bonds. The fraction of sp³-hybridized carbons (Fsp3) is 0.474. The van der Waals surface area contributed by atoms with Gasteiger partial charge in [-0.05, 0) is 44.2 Å². The van der Waals surface area contributed by atoms with E-state index < -0.39 is 11.7 Å². The average molecular weight is 380 g/mol. The van der Waals surface area contributed by atoms with E-state index in [1.54, 1.807) is 19.1 Å². The average Bonchev–Trinajstić information content (AvgIpc) is 2.62.